The van der Waals surface area contributed by atoms with E-state index < -0.39 is 0 Å². The largest absolute Gasteiger partial charge is 0.485 e. The third-order valence-electron chi connectivity index (χ3n) is 10.5. The Morgan fingerprint density at radius 3 is 2.17 bits per heavy atom. The van der Waals surface area contributed by atoms with Crippen LogP contribution < -0.4 is 4.74 Å². The predicted molar refractivity (Wildman–Crippen MR) is 209 cm³/mol. The number of allylic oxidation sites excluding steroid dienone is 2. The van der Waals surface area contributed by atoms with E-state index in [1.54, 1.807) is 0 Å². The third kappa shape index (κ3) is 4.53. The molecule has 9 aromatic rings. The average Bonchev–Trinajstić information content (AvgIpc) is 3.79. The highest BCUT2D eigenvalue weighted by atomic mass is 16.5. The second-order valence-corrected chi connectivity index (χ2v) is 13.5. The number of fused-ring (bicyclic) bond motifs is 9. The van der Waals surface area contributed by atoms with Crippen molar-refractivity contribution in [2.75, 3.05) is 0 Å². The maximum Gasteiger partial charge on any atom is 0.164 e. The van der Waals surface area contributed by atoms with Crippen molar-refractivity contribution < 1.29 is 9.15 Å². The van der Waals surface area contributed by atoms with E-state index in [9.17, 15) is 0 Å². The number of benzene rings is 7. The zero-order chi connectivity index (χ0) is 34.2. The predicted octanol–water partition coefficient (Wildman–Crippen LogP) is 11.4. The summed E-state index contributed by atoms with van der Waals surface area (Å²) in [6.45, 7) is 0. The Morgan fingerprint density at radius 2 is 1.23 bits per heavy atom. The summed E-state index contributed by atoms with van der Waals surface area (Å²) < 4.78 is 12.9. The van der Waals surface area contributed by atoms with Crippen molar-refractivity contribution in [1.82, 2.24) is 15.0 Å². The van der Waals surface area contributed by atoms with Gasteiger partial charge in [0.1, 0.15) is 23.0 Å². The zero-order valence-electron chi connectivity index (χ0n) is 27.9. The summed E-state index contributed by atoms with van der Waals surface area (Å²) in [5.74, 6) is 2.64. The maximum absolute atomic E-state index is 6.62. The van der Waals surface area contributed by atoms with Crippen LogP contribution in [0.4, 0.5) is 0 Å². The molecule has 52 heavy (non-hydrogen) atoms. The highest BCUT2D eigenvalue weighted by Crippen LogP contribution is 2.50. The summed E-state index contributed by atoms with van der Waals surface area (Å²) in [5, 5.41) is 6.78. The van der Waals surface area contributed by atoms with Crippen molar-refractivity contribution in [2.24, 2.45) is 0 Å². The number of aromatic nitrogens is 3. The Bertz CT molecular complexity index is 2960. The molecule has 0 saturated heterocycles. The number of para-hydroxylation sites is 2. The molecular formula is C47H29N3O2. The lowest BCUT2D eigenvalue weighted by molar-refractivity contribution is 0.272. The lowest BCUT2D eigenvalue weighted by Crippen LogP contribution is -2.22. The molecule has 0 spiro atoms. The minimum absolute atomic E-state index is 0.0831. The van der Waals surface area contributed by atoms with E-state index in [0.717, 1.165) is 66.5 Å². The number of furan rings is 1. The fraction of sp³-hybridized carbons (Fsp3) is 0.0426. The van der Waals surface area contributed by atoms with Crippen LogP contribution in [0.15, 0.2) is 168 Å². The molecule has 7 aromatic carbocycles. The minimum Gasteiger partial charge on any atom is -0.485 e. The Balaban J connectivity index is 1.17. The molecule has 2 atom stereocenters. The highest BCUT2D eigenvalue weighted by Gasteiger charge is 2.40. The standard InChI is InChI=1S/C47H29N3O2/c1-2-11-28(12-3-1)32-26-38(44-36-16-7-9-19-40(36)52-42(44)27-32)47-49-45(31-23-24-34-30(25-31)22-21-29-13-4-5-14-33(29)34)48-46(50-47)37-17-10-20-41-43(37)35-15-6-8-18-39(35)51-41/h1-27,42,44H. The van der Waals surface area contributed by atoms with Crippen molar-refractivity contribution in [1.29, 1.82) is 0 Å². The second kappa shape index (κ2) is 11.3. The van der Waals surface area contributed by atoms with Gasteiger partial charge in [-0.3, -0.25) is 0 Å². The molecule has 11 rings (SSSR count). The first-order valence-electron chi connectivity index (χ1n) is 17.6. The number of ether oxygens (including phenoxy) is 1. The van der Waals surface area contributed by atoms with Crippen LogP contribution in [0.5, 0.6) is 5.75 Å². The molecule has 1 aliphatic carbocycles. The van der Waals surface area contributed by atoms with Crippen LogP contribution >= 0.6 is 0 Å². The Morgan fingerprint density at radius 1 is 0.500 bits per heavy atom. The average molecular weight is 668 g/mol. The molecule has 3 heterocycles. The monoisotopic (exact) mass is 667 g/mol. The smallest absolute Gasteiger partial charge is 0.164 e. The van der Waals surface area contributed by atoms with Crippen LogP contribution in [0, 0.1) is 0 Å². The van der Waals surface area contributed by atoms with Crippen LogP contribution in [0.2, 0.25) is 0 Å². The van der Waals surface area contributed by atoms with Crippen molar-refractivity contribution in [3.8, 4) is 28.5 Å². The van der Waals surface area contributed by atoms with E-state index in [2.05, 4.69) is 121 Å². The maximum atomic E-state index is 6.62. The highest BCUT2D eigenvalue weighted by molar-refractivity contribution is 6.12. The first-order valence-corrected chi connectivity index (χ1v) is 17.6. The van der Waals surface area contributed by atoms with E-state index >= 15 is 0 Å². The molecule has 0 amide bonds. The van der Waals surface area contributed by atoms with Gasteiger partial charge in [-0.1, -0.05) is 127 Å². The first kappa shape index (κ1) is 28.9. The van der Waals surface area contributed by atoms with Crippen LogP contribution in [-0.2, 0) is 0 Å². The van der Waals surface area contributed by atoms with Gasteiger partial charge in [-0.2, -0.15) is 0 Å². The topological polar surface area (TPSA) is 61.0 Å². The molecule has 0 bridgehead atoms. The van der Waals surface area contributed by atoms with Gasteiger partial charge in [-0.15, -0.1) is 0 Å². The number of nitrogens with zero attached hydrogens (tertiary/aromatic N) is 3. The normalized spacial score (nSPS) is 16.5. The lowest BCUT2D eigenvalue weighted by Gasteiger charge is -2.25. The number of hydrogen-bond acceptors (Lipinski definition) is 5. The molecule has 244 valence electrons. The molecule has 2 aliphatic rings. The molecule has 0 N–H and O–H groups in total. The second-order valence-electron chi connectivity index (χ2n) is 13.5. The van der Waals surface area contributed by atoms with Gasteiger partial charge in [0.05, 0.1) is 5.92 Å². The quantitative estimate of drug-likeness (QED) is 0.175. The summed E-state index contributed by atoms with van der Waals surface area (Å²) in [7, 11) is 0. The van der Waals surface area contributed by atoms with E-state index in [0.29, 0.717) is 17.5 Å². The molecule has 0 radical (unpaired) electrons. The molecular weight excluding hydrogens is 639 g/mol. The fourth-order valence-corrected chi connectivity index (χ4v) is 8.08. The van der Waals surface area contributed by atoms with Crippen LogP contribution in [0.3, 0.4) is 0 Å². The van der Waals surface area contributed by atoms with Gasteiger partial charge in [0.25, 0.3) is 0 Å². The fourth-order valence-electron chi connectivity index (χ4n) is 8.08. The summed E-state index contributed by atoms with van der Waals surface area (Å²) >= 11 is 0. The van der Waals surface area contributed by atoms with Gasteiger partial charge < -0.3 is 9.15 Å². The Hall–Kier alpha value is -6.85. The molecule has 0 fully saturated rings. The molecule has 5 nitrogen and oxygen atoms in total. The Kier molecular flexibility index (Phi) is 6.31. The van der Waals surface area contributed by atoms with Gasteiger partial charge in [0.15, 0.2) is 17.5 Å². The first-order chi connectivity index (χ1) is 25.7. The van der Waals surface area contributed by atoms with Crippen molar-refractivity contribution in [3.05, 3.63) is 181 Å². The molecule has 1 aliphatic heterocycles. The van der Waals surface area contributed by atoms with Crippen molar-refractivity contribution in [3.63, 3.8) is 0 Å². The van der Waals surface area contributed by atoms with Crippen molar-refractivity contribution >= 4 is 54.6 Å². The molecule has 0 saturated carbocycles. The van der Waals surface area contributed by atoms with Crippen molar-refractivity contribution in [2.45, 2.75) is 12.0 Å². The van der Waals surface area contributed by atoms with Gasteiger partial charge in [0, 0.05) is 33.0 Å². The van der Waals surface area contributed by atoms with E-state index in [1.807, 2.05) is 42.5 Å². The summed E-state index contributed by atoms with van der Waals surface area (Å²) in [5.41, 5.74) is 7.77. The lowest BCUT2D eigenvalue weighted by atomic mass is 9.81. The van der Waals surface area contributed by atoms with E-state index in [4.69, 9.17) is 24.1 Å². The SMILES string of the molecule is C1=C(c2ccccc2)C=C(c2nc(-c3ccc4c(ccc5ccccc54)c3)nc(-c3cccc4oc5ccccc5c34)n2)C2c3ccccc3OC12. The zero-order valence-corrected chi connectivity index (χ0v) is 27.9. The van der Waals surface area contributed by atoms with E-state index in [-0.39, 0.29) is 12.0 Å². The molecule has 2 aromatic heterocycles. The summed E-state index contributed by atoms with van der Waals surface area (Å²) in [6, 6.07) is 52.4. The molecule has 2 unspecified atom stereocenters. The Labute approximate surface area is 299 Å². The van der Waals surface area contributed by atoms with Gasteiger partial charge in [-0.05, 0) is 69.1 Å². The summed E-state index contributed by atoms with van der Waals surface area (Å²) in [6.07, 6.45) is 4.27. The van der Waals surface area contributed by atoms with Gasteiger partial charge in [0.2, 0.25) is 0 Å². The number of rotatable bonds is 4. The summed E-state index contributed by atoms with van der Waals surface area (Å²) in [4.78, 5) is 15.9. The van der Waals surface area contributed by atoms with Gasteiger partial charge in [-0.25, -0.2) is 15.0 Å². The minimum atomic E-state index is -0.202. The van der Waals surface area contributed by atoms with Crippen LogP contribution in [-0.4, -0.2) is 21.1 Å². The third-order valence-corrected chi connectivity index (χ3v) is 10.5. The number of hydrogen-bond donors (Lipinski definition) is 0. The van der Waals surface area contributed by atoms with Crippen LogP contribution in [0.1, 0.15) is 22.9 Å². The van der Waals surface area contributed by atoms with Crippen LogP contribution in [0.25, 0.3) is 77.4 Å². The van der Waals surface area contributed by atoms with Gasteiger partial charge >= 0.3 is 0 Å². The van der Waals surface area contributed by atoms with E-state index in [1.165, 1.54) is 16.2 Å². The molecule has 5 heteroatoms.